The highest BCUT2D eigenvalue weighted by Gasteiger charge is 2.06. The molecule has 0 aromatic carbocycles. The largest absolute Gasteiger partial charge is 0.459 e. The number of pyridine rings is 1. The van der Waals surface area contributed by atoms with E-state index in [0.717, 1.165) is 10.0 Å². The van der Waals surface area contributed by atoms with Crippen molar-refractivity contribution < 1.29 is 9.53 Å². The number of esters is 1. The molecule has 2 aromatic heterocycles. The van der Waals surface area contributed by atoms with Crippen molar-refractivity contribution >= 4 is 27.8 Å². The number of hydrogen-bond donors (Lipinski definition) is 1. The number of rotatable bonds is 4. The second kappa shape index (κ2) is 5.58. The van der Waals surface area contributed by atoms with Gasteiger partial charge in [-0.3, -0.25) is 9.78 Å². The Balaban J connectivity index is 1.85. The maximum Gasteiger partial charge on any atom is 0.328 e. The van der Waals surface area contributed by atoms with Gasteiger partial charge in [0.2, 0.25) is 5.95 Å². The second-order valence-electron chi connectivity index (χ2n) is 3.47. The van der Waals surface area contributed by atoms with Crippen molar-refractivity contribution in [3.05, 3.63) is 34.8 Å². The van der Waals surface area contributed by atoms with E-state index in [1.807, 2.05) is 6.07 Å². The lowest BCUT2D eigenvalue weighted by atomic mass is 10.3. The summed E-state index contributed by atoms with van der Waals surface area (Å²) in [6, 6.07) is 1.83. The van der Waals surface area contributed by atoms with Crippen molar-refractivity contribution in [1.29, 1.82) is 0 Å². The van der Waals surface area contributed by atoms with Gasteiger partial charge in [0.15, 0.2) is 0 Å². The third-order valence-electron chi connectivity index (χ3n) is 2.01. The fraction of sp³-hybridized carbons (Fsp3) is 0.200. The Morgan fingerprint density at radius 1 is 1.50 bits per heavy atom. The first-order valence-corrected chi connectivity index (χ1v) is 5.83. The van der Waals surface area contributed by atoms with Gasteiger partial charge in [-0.15, -0.1) is 5.10 Å². The van der Waals surface area contributed by atoms with Crippen molar-refractivity contribution in [2.75, 3.05) is 5.73 Å². The molecule has 0 unspecified atom stereocenters. The van der Waals surface area contributed by atoms with Gasteiger partial charge in [-0.05, 0) is 22.0 Å². The lowest BCUT2D eigenvalue weighted by Gasteiger charge is -2.04. The molecule has 18 heavy (non-hydrogen) atoms. The third kappa shape index (κ3) is 3.52. The van der Waals surface area contributed by atoms with Gasteiger partial charge in [0.1, 0.15) is 19.5 Å². The molecule has 0 aliphatic carbocycles. The number of anilines is 1. The summed E-state index contributed by atoms with van der Waals surface area (Å²) in [4.78, 5) is 19.2. The zero-order valence-corrected chi connectivity index (χ0v) is 10.9. The predicted octanol–water partition coefficient (Wildman–Crippen LogP) is 0.761. The van der Waals surface area contributed by atoms with E-state index in [1.165, 1.54) is 11.0 Å². The maximum atomic E-state index is 11.5. The first kappa shape index (κ1) is 12.5. The second-order valence-corrected chi connectivity index (χ2v) is 4.39. The van der Waals surface area contributed by atoms with E-state index < -0.39 is 5.97 Å². The molecule has 94 valence electrons. The Morgan fingerprint density at radius 2 is 2.33 bits per heavy atom. The van der Waals surface area contributed by atoms with Crippen molar-refractivity contribution in [3.8, 4) is 0 Å². The van der Waals surface area contributed by atoms with Crippen LogP contribution in [0.25, 0.3) is 0 Å². The van der Waals surface area contributed by atoms with E-state index in [-0.39, 0.29) is 19.1 Å². The van der Waals surface area contributed by atoms with Crippen LogP contribution in [0.4, 0.5) is 5.95 Å². The van der Waals surface area contributed by atoms with E-state index in [1.54, 1.807) is 12.4 Å². The standard InChI is InChI=1S/C10H10BrN5O2/c11-8-1-7(2-13-3-8)5-18-9(17)4-16-6-14-10(12)15-16/h1-3,6H,4-5H2,(H2,12,15). The van der Waals surface area contributed by atoms with Gasteiger partial charge in [0, 0.05) is 22.4 Å². The Bertz CT molecular complexity index is 557. The molecule has 7 nitrogen and oxygen atoms in total. The fourth-order valence-electron chi connectivity index (χ4n) is 1.26. The quantitative estimate of drug-likeness (QED) is 0.837. The van der Waals surface area contributed by atoms with Gasteiger partial charge >= 0.3 is 5.97 Å². The van der Waals surface area contributed by atoms with Crippen LogP contribution in [-0.2, 0) is 22.7 Å². The van der Waals surface area contributed by atoms with Crippen molar-refractivity contribution in [1.82, 2.24) is 19.7 Å². The monoisotopic (exact) mass is 311 g/mol. The first-order chi connectivity index (χ1) is 8.63. The number of aromatic nitrogens is 4. The summed E-state index contributed by atoms with van der Waals surface area (Å²) in [5.74, 6) is -0.293. The smallest absolute Gasteiger partial charge is 0.328 e. The topological polar surface area (TPSA) is 95.9 Å². The number of nitrogens with two attached hydrogens (primary N) is 1. The molecule has 0 bridgehead atoms. The molecule has 2 heterocycles. The van der Waals surface area contributed by atoms with Crippen LogP contribution in [0.15, 0.2) is 29.3 Å². The molecule has 0 amide bonds. The van der Waals surface area contributed by atoms with Crippen LogP contribution < -0.4 is 5.73 Å². The lowest BCUT2D eigenvalue weighted by Crippen LogP contribution is -2.14. The molecule has 2 N–H and O–H groups in total. The number of nitrogen functional groups attached to an aromatic ring is 1. The molecule has 0 radical (unpaired) electrons. The number of nitrogens with zero attached hydrogens (tertiary/aromatic N) is 4. The van der Waals surface area contributed by atoms with E-state index >= 15 is 0 Å². The van der Waals surface area contributed by atoms with Gasteiger partial charge in [-0.1, -0.05) is 0 Å². The number of halogens is 1. The number of carbonyl (C=O) groups excluding carboxylic acids is 1. The fourth-order valence-corrected chi connectivity index (χ4v) is 1.67. The minimum Gasteiger partial charge on any atom is -0.459 e. The Hall–Kier alpha value is -1.96. The molecule has 0 saturated heterocycles. The first-order valence-electron chi connectivity index (χ1n) is 5.03. The summed E-state index contributed by atoms with van der Waals surface area (Å²) in [6.07, 6.45) is 4.66. The highest BCUT2D eigenvalue weighted by atomic mass is 79.9. The average Bonchev–Trinajstić information content (AvgIpc) is 2.72. The van der Waals surface area contributed by atoms with Crippen molar-refractivity contribution in [3.63, 3.8) is 0 Å². The van der Waals surface area contributed by atoms with Gasteiger partial charge < -0.3 is 10.5 Å². The third-order valence-corrected chi connectivity index (χ3v) is 2.44. The van der Waals surface area contributed by atoms with Gasteiger partial charge in [-0.2, -0.15) is 0 Å². The highest BCUT2D eigenvalue weighted by molar-refractivity contribution is 9.10. The molecule has 0 saturated carbocycles. The lowest BCUT2D eigenvalue weighted by molar-refractivity contribution is -0.145. The summed E-state index contributed by atoms with van der Waals surface area (Å²) >= 11 is 3.29. The minimum absolute atomic E-state index is 0.0222. The van der Waals surface area contributed by atoms with Crippen molar-refractivity contribution in [2.45, 2.75) is 13.2 Å². The summed E-state index contributed by atoms with van der Waals surface area (Å²) in [5.41, 5.74) is 6.13. The Labute approximate surface area is 111 Å². The zero-order chi connectivity index (χ0) is 13.0. The molecule has 0 spiro atoms. The molecule has 2 rings (SSSR count). The number of hydrogen-bond acceptors (Lipinski definition) is 6. The molecule has 0 fully saturated rings. The Morgan fingerprint density at radius 3 is 3.00 bits per heavy atom. The molecule has 0 aliphatic heterocycles. The van der Waals surface area contributed by atoms with E-state index in [0.29, 0.717) is 0 Å². The molecular weight excluding hydrogens is 302 g/mol. The normalized spacial score (nSPS) is 10.3. The summed E-state index contributed by atoms with van der Waals surface area (Å²) < 4.78 is 7.22. The van der Waals surface area contributed by atoms with Crippen LogP contribution >= 0.6 is 15.9 Å². The van der Waals surface area contributed by atoms with Gasteiger partial charge in [0.05, 0.1) is 0 Å². The summed E-state index contributed by atoms with van der Waals surface area (Å²) in [7, 11) is 0. The molecule has 0 aliphatic rings. The number of carbonyl (C=O) groups is 1. The van der Waals surface area contributed by atoms with E-state index in [4.69, 9.17) is 10.5 Å². The average molecular weight is 312 g/mol. The molecule has 0 atom stereocenters. The van der Waals surface area contributed by atoms with Crippen LogP contribution in [0.1, 0.15) is 5.56 Å². The van der Waals surface area contributed by atoms with Gasteiger partial charge in [0.25, 0.3) is 0 Å². The van der Waals surface area contributed by atoms with Crippen LogP contribution in [-0.4, -0.2) is 25.7 Å². The zero-order valence-electron chi connectivity index (χ0n) is 9.28. The molecular formula is C10H10BrN5O2. The highest BCUT2D eigenvalue weighted by Crippen LogP contribution is 2.10. The van der Waals surface area contributed by atoms with E-state index in [9.17, 15) is 4.79 Å². The van der Waals surface area contributed by atoms with Crippen molar-refractivity contribution in [2.24, 2.45) is 0 Å². The van der Waals surface area contributed by atoms with Crippen LogP contribution in [0.2, 0.25) is 0 Å². The van der Waals surface area contributed by atoms with Crippen LogP contribution in [0.5, 0.6) is 0 Å². The van der Waals surface area contributed by atoms with E-state index in [2.05, 4.69) is 31.0 Å². The summed E-state index contributed by atoms with van der Waals surface area (Å²) in [6.45, 7) is 0.140. The predicted molar refractivity (Wildman–Crippen MR) is 66.2 cm³/mol. The van der Waals surface area contributed by atoms with Crippen LogP contribution in [0.3, 0.4) is 0 Å². The van der Waals surface area contributed by atoms with Gasteiger partial charge in [-0.25, -0.2) is 9.67 Å². The summed E-state index contributed by atoms with van der Waals surface area (Å²) in [5, 5.41) is 3.78. The SMILES string of the molecule is Nc1ncn(CC(=O)OCc2cncc(Br)c2)n1. The minimum atomic E-state index is -0.417. The molecule has 2 aromatic rings. The Kier molecular flexibility index (Phi) is 3.88. The van der Waals surface area contributed by atoms with Crippen LogP contribution in [0, 0.1) is 0 Å². The molecule has 8 heteroatoms. The number of ether oxygens (including phenoxy) is 1. The maximum absolute atomic E-state index is 11.5.